The van der Waals surface area contributed by atoms with Crippen molar-refractivity contribution in [2.75, 3.05) is 10.6 Å². The van der Waals surface area contributed by atoms with Crippen LogP contribution in [0.25, 0.3) is 0 Å². The second-order valence-corrected chi connectivity index (χ2v) is 8.71. The standard InChI is InChI=1S/C26H37N3O3S/c1-2-3-4-5-6-7-8-9-10-11-12-18-24(30)29-26(33)28-22-16-13-15-21(20-22)27-25(31)23-17-14-19-32-23/h13-17,19-20H,2-12,18H2,1H3,(H,27,31)(H2,28,29,30,33). The number of rotatable bonds is 15. The first-order valence-electron chi connectivity index (χ1n) is 12.1. The Morgan fingerprint density at radius 2 is 1.42 bits per heavy atom. The molecule has 0 spiro atoms. The zero-order valence-electron chi connectivity index (χ0n) is 19.7. The van der Waals surface area contributed by atoms with Gasteiger partial charge >= 0.3 is 0 Å². The number of carbonyl (C=O) groups excluding carboxylic acids is 2. The number of furan rings is 1. The van der Waals surface area contributed by atoms with E-state index < -0.39 is 0 Å². The number of thiocarbonyl (C=S) groups is 1. The van der Waals surface area contributed by atoms with Gasteiger partial charge < -0.3 is 20.4 Å². The molecule has 2 amide bonds. The van der Waals surface area contributed by atoms with Crippen molar-refractivity contribution in [1.29, 1.82) is 0 Å². The Kier molecular flexibility index (Phi) is 12.9. The predicted octanol–water partition coefficient (Wildman–Crippen LogP) is 7.05. The second kappa shape index (κ2) is 16.0. The third kappa shape index (κ3) is 11.7. The minimum absolute atomic E-state index is 0.0781. The Morgan fingerprint density at radius 1 is 0.818 bits per heavy atom. The molecule has 0 unspecified atom stereocenters. The minimum Gasteiger partial charge on any atom is -0.459 e. The first-order valence-corrected chi connectivity index (χ1v) is 12.5. The van der Waals surface area contributed by atoms with Crippen LogP contribution in [-0.2, 0) is 4.79 Å². The van der Waals surface area contributed by atoms with Crippen molar-refractivity contribution >= 4 is 40.5 Å². The van der Waals surface area contributed by atoms with Gasteiger partial charge in [-0.3, -0.25) is 9.59 Å². The molecule has 2 aromatic rings. The number of carbonyl (C=O) groups is 2. The van der Waals surface area contributed by atoms with Crippen LogP contribution in [0.5, 0.6) is 0 Å². The van der Waals surface area contributed by atoms with Crippen LogP contribution in [0.15, 0.2) is 47.1 Å². The minimum atomic E-state index is -0.333. The summed E-state index contributed by atoms with van der Waals surface area (Å²) in [5.41, 5.74) is 1.27. The molecule has 6 nitrogen and oxygen atoms in total. The Morgan fingerprint density at radius 3 is 2.03 bits per heavy atom. The molecule has 0 atom stereocenters. The first-order chi connectivity index (χ1) is 16.1. The van der Waals surface area contributed by atoms with Gasteiger partial charge in [0.15, 0.2) is 10.9 Å². The summed E-state index contributed by atoms with van der Waals surface area (Å²) in [6, 6.07) is 10.4. The Labute approximate surface area is 202 Å². The molecule has 0 saturated heterocycles. The average Bonchev–Trinajstić information content (AvgIpc) is 3.33. The van der Waals surface area contributed by atoms with Crippen molar-refractivity contribution < 1.29 is 14.0 Å². The highest BCUT2D eigenvalue weighted by atomic mass is 32.1. The van der Waals surface area contributed by atoms with Crippen LogP contribution >= 0.6 is 12.2 Å². The number of anilines is 2. The van der Waals surface area contributed by atoms with Gasteiger partial charge in [-0.25, -0.2) is 0 Å². The molecule has 180 valence electrons. The molecule has 0 aliphatic rings. The third-order valence-corrected chi connectivity index (χ3v) is 5.59. The van der Waals surface area contributed by atoms with Crippen LogP contribution < -0.4 is 16.0 Å². The maximum Gasteiger partial charge on any atom is 0.291 e. The Bertz CT molecular complexity index is 852. The topological polar surface area (TPSA) is 83.4 Å². The Hall–Kier alpha value is -2.67. The highest BCUT2D eigenvalue weighted by Gasteiger charge is 2.10. The zero-order chi connectivity index (χ0) is 23.7. The van der Waals surface area contributed by atoms with E-state index in [0.717, 1.165) is 12.8 Å². The predicted molar refractivity (Wildman–Crippen MR) is 139 cm³/mol. The number of benzene rings is 1. The first kappa shape index (κ1) is 26.6. The fraction of sp³-hybridized carbons (Fsp3) is 0.500. The molecule has 7 heteroatoms. The molecule has 0 radical (unpaired) electrons. The van der Waals surface area contributed by atoms with Crippen molar-refractivity contribution in [1.82, 2.24) is 5.32 Å². The van der Waals surface area contributed by atoms with Crippen LogP contribution in [0.2, 0.25) is 0 Å². The number of nitrogens with one attached hydrogen (secondary N) is 3. The zero-order valence-corrected chi connectivity index (χ0v) is 20.5. The van der Waals surface area contributed by atoms with Crippen molar-refractivity contribution in [2.45, 2.75) is 84.0 Å². The van der Waals surface area contributed by atoms with Gasteiger partial charge in [-0.15, -0.1) is 0 Å². The Balaban J connectivity index is 1.57. The largest absolute Gasteiger partial charge is 0.459 e. The summed E-state index contributed by atoms with van der Waals surface area (Å²) in [4.78, 5) is 24.2. The summed E-state index contributed by atoms with van der Waals surface area (Å²) in [6.07, 6.45) is 15.7. The van der Waals surface area contributed by atoms with Crippen LogP contribution in [0.1, 0.15) is 94.5 Å². The van der Waals surface area contributed by atoms with E-state index >= 15 is 0 Å². The molecule has 33 heavy (non-hydrogen) atoms. The maximum atomic E-state index is 12.1. The molecule has 0 saturated carbocycles. The molecule has 0 aliphatic heterocycles. The van der Waals surface area contributed by atoms with Crippen LogP contribution in [-0.4, -0.2) is 16.9 Å². The highest BCUT2D eigenvalue weighted by molar-refractivity contribution is 7.80. The lowest BCUT2D eigenvalue weighted by molar-refractivity contribution is -0.119. The average molecular weight is 472 g/mol. The molecule has 3 N–H and O–H groups in total. The lowest BCUT2D eigenvalue weighted by Crippen LogP contribution is -2.33. The normalized spacial score (nSPS) is 10.6. The van der Waals surface area contributed by atoms with E-state index in [1.807, 2.05) is 6.07 Å². The molecule has 0 fully saturated rings. The molecule has 0 bridgehead atoms. The van der Waals surface area contributed by atoms with E-state index in [2.05, 4.69) is 22.9 Å². The molecule has 1 aromatic carbocycles. The molecule has 2 rings (SSSR count). The van der Waals surface area contributed by atoms with Crippen molar-refractivity contribution in [3.05, 3.63) is 48.4 Å². The molecular weight excluding hydrogens is 434 g/mol. The van der Waals surface area contributed by atoms with Gasteiger partial charge in [0.25, 0.3) is 5.91 Å². The smallest absolute Gasteiger partial charge is 0.291 e. The summed E-state index contributed by atoms with van der Waals surface area (Å²) in [7, 11) is 0. The van der Waals surface area contributed by atoms with Gasteiger partial charge in [-0.2, -0.15) is 0 Å². The quantitative estimate of drug-likeness (QED) is 0.191. The molecule has 1 heterocycles. The SMILES string of the molecule is CCCCCCCCCCCCCC(=O)NC(=S)Nc1cccc(NC(=O)c2ccco2)c1. The summed E-state index contributed by atoms with van der Waals surface area (Å²) in [5, 5.41) is 8.72. The third-order valence-electron chi connectivity index (χ3n) is 5.38. The van der Waals surface area contributed by atoms with Crippen LogP contribution in [0.3, 0.4) is 0 Å². The van der Waals surface area contributed by atoms with Crippen molar-refractivity contribution in [3.63, 3.8) is 0 Å². The van der Waals surface area contributed by atoms with E-state index in [9.17, 15) is 9.59 Å². The molecule has 0 aliphatic carbocycles. The summed E-state index contributed by atoms with van der Waals surface area (Å²) >= 11 is 5.25. The maximum absolute atomic E-state index is 12.1. The monoisotopic (exact) mass is 471 g/mol. The van der Waals surface area contributed by atoms with Gasteiger partial charge in [0, 0.05) is 17.8 Å². The number of amides is 2. The van der Waals surface area contributed by atoms with Gasteiger partial charge in [0.1, 0.15) is 0 Å². The van der Waals surface area contributed by atoms with E-state index in [0.29, 0.717) is 17.8 Å². The number of hydrogen-bond donors (Lipinski definition) is 3. The van der Waals surface area contributed by atoms with Crippen LogP contribution in [0.4, 0.5) is 11.4 Å². The number of hydrogen-bond acceptors (Lipinski definition) is 4. The van der Waals surface area contributed by atoms with Gasteiger partial charge in [-0.05, 0) is 49.0 Å². The van der Waals surface area contributed by atoms with Gasteiger partial charge in [0.05, 0.1) is 6.26 Å². The van der Waals surface area contributed by atoms with Gasteiger partial charge in [0.2, 0.25) is 5.91 Å². The summed E-state index contributed by atoms with van der Waals surface area (Å²) < 4.78 is 5.09. The second-order valence-electron chi connectivity index (χ2n) is 8.30. The van der Waals surface area contributed by atoms with E-state index in [4.69, 9.17) is 16.6 Å². The fourth-order valence-electron chi connectivity index (χ4n) is 3.58. The molecule has 1 aromatic heterocycles. The highest BCUT2D eigenvalue weighted by Crippen LogP contribution is 2.16. The van der Waals surface area contributed by atoms with Crippen molar-refractivity contribution in [2.24, 2.45) is 0 Å². The van der Waals surface area contributed by atoms with E-state index in [1.54, 1.807) is 30.3 Å². The number of unbranched alkanes of at least 4 members (excludes halogenated alkanes) is 10. The van der Waals surface area contributed by atoms with Gasteiger partial charge in [-0.1, -0.05) is 77.2 Å². The summed E-state index contributed by atoms with van der Waals surface area (Å²) in [6.45, 7) is 2.25. The van der Waals surface area contributed by atoms with E-state index in [1.165, 1.54) is 64.1 Å². The van der Waals surface area contributed by atoms with E-state index in [-0.39, 0.29) is 22.7 Å². The lowest BCUT2D eigenvalue weighted by Gasteiger charge is -2.11. The lowest BCUT2D eigenvalue weighted by atomic mass is 10.1. The van der Waals surface area contributed by atoms with Crippen molar-refractivity contribution in [3.8, 4) is 0 Å². The summed E-state index contributed by atoms with van der Waals surface area (Å²) in [5.74, 6) is -0.177. The fourth-order valence-corrected chi connectivity index (χ4v) is 3.81. The molecular formula is C26H37N3O3S. The van der Waals surface area contributed by atoms with Crippen LogP contribution in [0, 0.1) is 0 Å².